The molecule has 0 aliphatic heterocycles. The van der Waals surface area contributed by atoms with Gasteiger partial charge >= 0.3 is 0 Å². The van der Waals surface area contributed by atoms with E-state index in [1.54, 1.807) is 30.3 Å². The van der Waals surface area contributed by atoms with Crippen LogP contribution < -0.4 is 4.74 Å². The average Bonchev–Trinajstić information content (AvgIpc) is 2.39. The molecule has 2 aromatic carbocycles. The summed E-state index contributed by atoms with van der Waals surface area (Å²) in [5.74, 6) is 0.000960. The Bertz CT molecular complexity index is 656. The van der Waals surface area contributed by atoms with Gasteiger partial charge in [0.15, 0.2) is 5.78 Å². The highest BCUT2D eigenvalue weighted by molar-refractivity contribution is 9.10. The minimum Gasteiger partial charge on any atom is -0.488 e. The van der Waals surface area contributed by atoms with Crippen molar-refractivity contribution in [2.75, 3.05) is 0 Å². The highest BCUT2D eigenvalue weighted by Crippen LogP contribution is 2.26. The molecule has 2 rings (SSSR count). The number of benzene rings is 2. The van der Waals surface area contributed by atoms with Crippen molar-refractivity contribution in [1.82, 2.24) is 0 Å². The highest BCUT2D eigenvalue weighted by atomic mass is 79.9. The molecule has 0 heterocycles. The average molecular weight is 402 g/mol. The molecule has 0 unspecified atom stereocenters. The number of hydrogen-bond acceptors (Lipinski definition) is 2. The number of carbonyl (C=O) groups excluding carboxylic acids is 1. The second-order valence-electron chi connectivity index (χ2n) is 4.22. The number of halogens is 3. The number of carbonyl (C=O) groups is 1. The SMILES string of the molecule is CC(=O)c1ccc(Br)cc1OCc1cc(Br)ccc1F. The Kier molecular flexibility index (Phi) is 4.94. The summed E-state index contributed by atoms with van der Waals surface area (Å²) < 4.78 is 20.8. The van der Waals surface area contributed by atoms with Gasteiger partial charge in [-0.2, -0.15) is 0 Å². The summed E-state index contributed by atoms with van der Waals surface area (Å²) in [6.07, 6.45) is 0. The molecule has 0 aromatic heterocycles. The highest BCUT2D eigenvalue weighted by Gasteiger charge is 2.11. The van der Waals surface area contributed by atoms with Crippen LogP contribution in [0.25, 0.3) is 0 Å². The van der Waals surface area contributed by atoms with Gasteiger partial charge in [-0.1, -0.05) is 31.9 Å². The molecule has 0 N–H and O–H groups in total. The maximum absolute atomic E-state index is 13.6. The maximum atomic E-state index is 13.6. The van der Waals surface area contributed by atoms with E-state index in [1.807, 2.05) is 0 Å². The first-order chi connectivity index (χ1) is 9.47. The van der Waals surface area contributed by atoms with E-state index in [0.29, 0.717) is 16.9 Å². The van der Waals surface area contributed by atoms with Crippen molar-refractivity contribution in [2.45, 2.75) is 13.5 Å². The standard InChI is InChI=1S/C15H11Br2FO2/c1-9(19)13-4-2-12(17)7-15(13)20-8-10-6-11(16)3-5-14(10)18/h2-7H,8H2,1H3. The van der Waals surface area contributed by atoms with Gasteiger partial charge in [-0.15, -0.1) is 0 Å². The molecule has 0 fully saturated rings. The van der Waals surface area contributed by atoms with Crippen LogP contribution in [0, 0.1) is 5.82 Å². The lowest BCUT2D eigenvalue weighted by Gasteiger charge is -2.11. The van der Waals surface area contributed by atoms with Crippen LogP contribution in [-0.2, 0) is 6.61 Å². The van der Waals surface area contributed by atoms with Crippen LogP contribution in [0.2, 0.25) is 0 Å². The minimum absolute atomic E-state index is 0.0575. The largest absolute Gasteiger partial charge is 0.488 e. The summed E-state index contributed by atoms with van der Waals surface area (Å²) in [4.78, 5) is 11.5. The van der Waals surface area contributed by atoms with E-state index < -0.39 is 0 Å². The number of ketones is 1. The summed E-state index contributed by atoms with van der Waals surface area (Å²) in [7, 11) is 0. The number of ether oxygens (including phenoxy) is 1. The summed E-state index contributed by atoms with van der Waals surface area (Å²) in [6, 6.07) is 9.80. The zero-order valence-corrected chi connectivity index (χ0v) is 13.8. The van der Waals surface area contributed by atoms with Crippen LogP contribution in [0.1, 0.15) is 22.8 Å². The van der Waals surface area contributed by atoms with E-state index in [2.05, 4.69) is 31.9 Å². The zero-order valence-electron chi connectivity index (χ0n) is 10.6. The summed E-state index contributed by atoms with van der Waals surface area (Å²) >= 11 is 6.61. The van der Waals surface area contributed by atoms with Gasteiger partial charge in [0.05, 0.1) is 5.56 Å². The fourth-order valence-corrected chi connectivity index (χ4v) is 2.46. The van der Waals surface area contributed by atoms with Crippen LogP contribution in [0.5, 0.6) is 5.75 Å². The molecule has 0 atom stereocenters. The van der Waals surface area contributed by atoms with Crippen molar-refractivity contribution in [1.29, 1.82) is 0 Å². The van der Waals surface area contributed by atoms with Crippen molar-refractivity contribution in [3.8, 4) is 5.75 Å². The fraction of sp³-hybridized carbons (Fsp3) is 0.133. The Labute approximate surface area is 133 Å². The van der Waals surface area contributed by atoms with Gasteiger partial charge in [0.25, 0.3) is 0 Å². The lowest BCUT2D eigenvalue weighted by Crippen LogP contribution is -2.03. The third kappa shape index (κ3) is 3.67. The van der Waals surface area contributed by atoms with Gasteiger partial charge in [0, 0.05) is 14.5 Å². The third-order valence-electron chi connectivity index (χ3n) is 2.71. The molecule has 0 saturated carbocycles. The van der Waals surface area contributed by atoms with E-state index in [-0.39, 0.29) is 18.2 Å². The van der Waals surface area contributed by atoms with Gasteiger partial charge in [-0.05, 0) is 43.3 Å². The van der Waals surface area contributed by atoms with Crippen LogP contribution in [0.15, 0.2) is 45.3 Å². The van der Waals surface area contributed by atoms with Crippen molar-refractivity contribution in [3.63, 3.8) is 0 Å². The summed E-state index contributed by atoms with van der Waals surface area (Å²) in [5.41, 5.74) is 0.900. The molecule has 5 heteroatoms. The second-order valence-corrected chi connectivity index (χ2v) is 6.05. The van der Waals surface area contributed by atoms with Crippen molar-refractivity contribution >= 4 is 37.6 Å². The van der Waals surface area contributed by atoms with Crippen molar-refractivity contribution < 1.29 is 13.9 Å². The lowest BCUT2D eigenvalue weighted by atomic mass is 10.1. The molecule has 0 bridgehead atoms. The van der Waals surface area contributed by atoms with Gasteiger partial charge in [0.2, 0.25) is 0 Å². The van der Waals surface area contributed by atoms with Crippen molar-refractivity contribution in [2.24, 2.45) is 0 Å². The van der Waals surface area contributed by atoms with Crippen LogP contribution in [0.4, 0.5) is 4.39 Å². The van der Waals surface area contributed by atoms with E-state index >= 15 is 0 Å². The Hall–Kier alpha value is -1.20. The van der Waals surface area contributed by atoms with Gasteiger partial charge in [0.1, 0.15) is 18.2 Å². The molecule has 0 spiro atoms. The molecule has 0 aliphatic carbocycles. The Morgan fingerprint density at radius 1 is 1.15 bits per heavy atom. The van der Waals surface area contributed by atoms with Crippen LogP contribution in [-0.4, -0.2) is 5.78 Å². The Morgan fingerprint density at radius 2 is 1.80 bits per heavy atom. The molecule has 20 heavy (non-hydrogen) atoms. The number of rotatable bonds is 4. The molecule has 2 aromatic rings. The van der Waals surface area contributed by atoms with E-state index in [4.69, 9.17) is 4.74 Å². The molecule has 0 amide bonds. The smallest absolute Gasteiger partial charge is 0.163 e. The second kappa shape index (κ2) is 6.50. The van der Waals surface area contributed by atoms with Gasteiger partial charge in [-0.25, -0.2) is 4.39 Å². The van der Waals surface area contributed by atoms with E-state index in [0.717, 1.165) is 8.95 Å². The van der Waals surface area contributed by atoms with Crippen molar-refractivity contribution in [3.05, 3.63) is 62.3 Å². The molecule has 0 aliphatic rings. The lowest BCUT2D eigenvalue weighted by molar-refractivity contribution is 0.101. The summed E-state index contributed by atoms with van der Waals surface area (Å²) in [6.45, 7) is 1.53. The van der Waals surface area contributed by atoms with Gasteiger partial charge < -0.3 is 4.74 Å². The van der Waals surface area contributed by atoms with E-state index in [9.17, 15) is 9.18 Å². The normalized spacial score (nSPS) is 10.4. The molecular weight excluding hydrogens is 391 g/mol. The molecule has 0 saturated heterocycles. The predicted octanol–water partition coefficient (Wildman–Crippen LogP) is 5.13. The number of hydrogen-bond donors (Lipinski definition) is 0. The number of Topliss-reactive ketones (excluding diaryl/α,β-unsaturated/α-hetero) is 1. The first-order valence-electron chi connectivity index (χ1n) is 5.84. The Balaban J connectivity index is 2.24. The van der Waals surface area contributed by atoms with Crippen LogP contribution in [0.3, 0.4) is 0 Å². The van der Waals surface area contributed by atoms with Crippen LogP contribution >= 0.6 is 31.9 Å². The topological polar surface area (TPSA) is 26.3 Å². The first-order valence-corrected chi connectivity index (χ1v) is 7.43. The molecular formula is C15H11Br2FO2. The third-order valence-corrected chi connectivity index (χ3v) is 3.70. The molecule has 0 radical (unpaired) electrons. The minimum atomic E-state index is -0.340. The van der Waals surface area contributed by atoms with E-state index in [1.165, 1.54) is 13.0 Å². The quantitative estimate of drug-likeness (QED) is 0.663. The maximum Gasteiger partial charge on any atom is 0.163 e. The molecule has 104 valence electrons. The molecule has 2 nitrogen and oxygen atoms in total. The monoisotopic (exact) mass is 400 g/mol. The Morgan fingerprint density at radius 3 is 2.50 bits per heavy atom. The van der Waals surface area contributed by atoms with Gasteiger partial charge in [-0.3, -0.25) is 4.79 Å². The first kappa shape index (κ1) is 15.2. The summed E-state index contributed by atoms with van der Waals surface area (Å²) in [5, 5.41) is 0. The predicted molar refractivity (Wildman–Crippen MR) is 82.6 cm³/mol. The fourth-order valence-electron chi connectivity index (χ4n) is 1.72. The zero-order chi connectivity index (χ0) is 14.7.